The van der Waals surface area contributed by atoms with Gasteiger partial charge in [0.25, 0.3) is 11.8 Å². The number of pyridine rings is 1. The van der Waals surface area contributed by atoms with Crippen LogP contribution in [0.4, 0.5) is 8.78 Å². The first-order valence-electron chi connectivity index (χ1n) is 9.31. The molecular weight excluding hydrogens is 414 g/mol. The Balaban J connectivity index is 1.41. The molecule has 5 nitrogen and oxygen atoms in total. The summed E-state index contributed by atoms with van der Waals surface area (Å²) >= 11 is 3.21. The third-order valence-electron chi connectivity index (χ3n) is 4.87. The van der Waals surface area contributed by atoms with Crippen molar-refractivity contribution in [3.63, 3.8) is 0 Å². The predicted molar refractivity (Wildman–Crippen MR) is 110 cm³/mol. The van der Waals surface area contributed by atoms with Crippen molar-refractivity contribution in [3.05, 3.63) is 50.7 Å². The van der Waals surface area contributed by atoms with Gasteiger partial charge in [0.2, 0.25) is 0 Å². The van der Waals surface area contributed by atoms with E-state index in [0.29, 0.717) is 12.0 Å². The van der Waals surface area contributed by atoms with Crippen LogP contribution in [0.5, 0.6) is 0 Å². The van der Waals surface area contributed by atoms with E-state index in [4.69, 9.17) is 4.98 Å². The fourth-order valence-corrected chi connectivity index (χ4v) is 5.05. The monoisotopic (exact) mass is 434 g/mol. The molecule has 0 unspecified atom stereocenters. The van der Waals surface area contributed by atoms with Crippen molar-refractivity contribution in [2.24, 2.45) is 0 Å². The number of aromatic nitrogens is 3. The quantitative estimate of drug-likeness (QED) is 0.595. The number of halogens is 2. The molecule has 3 aromatic heterocycles. The van der Waals surface area contributed by atoms with Crippen LogP contribution in [0.1, 0.15) is 44.6 Å². The molecule has 1 aliphatic heterocycles. The van der Waals surface area contributed by atoms with Gasteiger partial charge in [0.15, 0.2) is 0 Å². The maximum atomic E-state index is 13.3. The maximum absolute atomic E-state index is 13.3. The van der Waals surface area contributed by atoms with Crippen LogP contribution in [0, 0.1) is 13.8 Å². The molecule has 0 bridgehead atoms. The molecule has 152 valence electrons. The van der Waals surface area contributed by atoms with Crippen molar-refractivity contribution in [3.8, 4) is 10.6 Å². The number of carbonyl (C=O) groups is 1. The number of thiazole rings is 2. The second-order valence-electron chi connectivity index (χ2n) is 7.14. The zero-order valence-corrected chi connectivity index (χ0v) is 17.7. The number of likely N-dealkylation sites (tertiary alicyclic amines) is 1. The summed E-state index contributed by atoms with van der Waals surface area (Å²) in [5.74, 6) is -2.91. The van der Waals surface area contributed by atoms with Gasteiger partial charge in [-0.25, -0.2) is 18.7 Å². The Morgan fingerprint density at radius 3 is 2.59 bits per heavy atom. The first-order chi connectivity index (χ1) is 13.8. The highest BCUT2D eigenvalue weighted by atomic mass is 32.1. The Labute approximate surface area is 175 Å². The van der Waals surface area contributed by atoms with Crippen LogP contribution in [0.3, 0.4) is 0 Å². The summed E-state index contributed by atoms with van der Waals surface area (Å²) in [6.45, 7) is 4.12. The molecule has 0 N–H and O–H groups in total. The van der Waals surface area contributed by atoms with Gasteiger partial charge in [-0.15, -0.1) is 22.7 Å². The highest BCUT2D eigenvalue weighted by Crippen LogP contribution is 2.31. The third-order valence-corrected chi connectivity index (χ3v) is 6.82. The Morgan fingerprint density at radius 1 is 1.21 bits per heavy atom. The molecule has 4 heterocycles. The zero-order valence-electron chi connectivity index (χ0n) is 16.1. The minimum atomic E-state index is -2.66. The maximum Gasteiger partial charge on any atom is 0.255 e. The van der Waals surface area contributed by atoms with Crippen LogP contribution in [-0.2, 0) is 6.42 Å². The Kier molecular flexibility index (Phi) is 5.44. The van der Waals surface area contributed by atoms with Crippen LogP contribution in [0.15, 0.2) is 23.7 Å². The molecule has 0 spiro atoms. The fraction of sp³-hybridized carbons (Fsp3) is 0.400. The molecule has 1 saturated heterocycles. The number of nitrogens with zero attached hydrogens (tertiary/aromatic N) is 4. The summed E-state index contributed by atoms with van der Waals surface area (Å²) in [6, 6.07) is 3.51. The van der Waals surface area contributed by atoms with Crippen LogP contribution < -0.4 is 0 Å². The van der Waals surface area contributed by atoms with Gasteiger partial charge >= 0.3 is 0 Å². The average Bonchev–Trinajstić information content (AvgIpc) is 3.27. The number of piperidine rings is 1. The smallest absolute Gasteiger partial charge is 0.255 e. The Hall–Kier alpha value is -2.26. The van der Waals surface area contributed by atoms with Gasteiger partial charge < -0.3 is 4.90 Å². The number of aryl methyl sites for hydroxylation is 2. The van der Waals surface area contributed by atoms with Crippen molar-refractivity contribution >= 4 is 28.6 Å². The zero-order chi connectivity index (χ0) is 20.6. The Morgan fingerprint density at radius 2 is 1.97 bits per heavy atom. The van der Waals surface area contributed by atoms with Gasteiger partial charge in [0.05, 0.1) is 31.8 Å². The van der Waals surface area contributed by atoms with Crippen molar-refractivity contribution in [2.75, 3.05) is 13.1 Å². The summed E-state index contributed by atoms with van der Waals surface area (Å²) in [7, 11) is 0. The van der Waals surface area contributed by atoms with E-state index in [1.165, 1.54) is 11.1 Å². The van der Waals surface area contributed by atoms with Crippen LogP contribution in [0.25, 0.3) is 10.6 Å². The lowest BCUT2D eigenvalue weighted by Gasteiger charge is -2.31. The van der Waals surface area contributed by atoms with E-state index >= 15 is 0 Å². The third kappa shape index (κ3) is 4.51. The number of rotatable bonds is 4. The molecule has 0 saturated carbocycles. The first kappa shape index (κ1) is 20.0. The number of hydrogen-bond donors (Lipinski definition) is 0. The lowest BCUT2D eigenvalue weighted by atomic mass is 10.1. The SMILES string of the molecule is Cc1nc(C)c(-c2csc(Cc3ccc(C(=O)N4CCC(F)(F)CC4)cn3)n2)s1. The van der Waals surface area contributed by atoms with E-state index in [1.54, 1.807) is 34.8 Å². The van der Waals surface area contributed by atoms with Gasteiger partial charge in [0.1, 0.15) is 0 Å². The van der Waals surface area contributed by atoms with Gasteiger partial charge in [-0.1, -0.05) is 0 Å². The Bertz CT molecular complexity index is 1020. The number of hydrogen-bond acceptors (Lipinski definition) is 6. The van der Waals surface area contributed by atoms with E-state index in [2.05, 4.69) is 9.97 Å². The highest BCUT2D eigenvalue weighted by molar-refractivity contribution is 7.15. The van der Waals surface area contributed by atoms with E-state index in [-0.39, 0.29) is 31.8 Å². The van der Waals surface area contributed by atoms with Gasteiger partial charge in [0, 0.05) is 49.6 Å². The van der Waals surface area contributed by atoms with Crippen molar-refractivity contribution < 1.29 is 13.6 Å². The number of amides is 1. The molecule has 0 aromatic carbocycles. The van der Waals surface area contributed by atoms with E-state index in [9.17, 15) is 13.6 Å². The molecule has 1 fully saturated rings. The molecule has 0 radical (unpaired) electrons. The largest absolute Gasteiger partial charge is 0.338 e. The summed E-state index contributed by atoms with van der Waals surface area (Å²) in [5, 5.41) is 3.99. The summed E-state index contributed by atoms with van der Waals surface area (Å²) in [5.41, 5.74) is 3.15. The van der Waals surface area contributed by atoms with Crippen LogP contribution >= 0.6 is 22.7 Å². The molecule has 29 heavy (non-hydrogen) atoms. The summed E-state index contributed by atoms with van der Waals surface area (Å²) < 4.78 is 26.6. The summed E-state index contributed by atoms with van der Waals surface area (Å²) in [4.78, 5) is 28.6. The molecule has 1 aliphatic rings. The lowest BCUT2D eigenvalue weighted by Crippen LogP contribution is -2.42. The van der Waals surface area contributed by atoms with Crippen molar-refractivity contribution in [2.45, 2.75) is 39.0 Å². The topological polar surface area (TPSA) is 59.0 Å². The predicted octanol–water partition coefficient (Wildman–Crippen LogP) is 4.74. The number of alkyl halides is 2. The molecule has 4 rings (SSSR count). The molecular formula is C20H20F2N4OS2. The van der Waals surface area contributed by atoms with Crippen molar-refractivity contribution in [1.82, 2.24) is 19.9 Å². The molecule has 0 atom stereocenters. The van der Waals surface area contributed by atoms with E-state index in [1.807, 2.05) is 19.2 Å². The second-order valence-corrected chi connectivity index (χ2v) is 9.28. The molecule has 0 aliphatic carbocycles. The molecule has 9 heteroatoms. The van der Waals surface area contributed by atoms with Gasteiger partial charge in [-0.05, 0) is 26.0 Å². The number of carbonyl (C=O) groups excluding carboxylic acids is 1. The van der Waals surface area contributed by atoms with Gasteiger partial charge in [-0.3, -0.25) is 9.78 Å². The van der Waals surface area contributed by atoms with Crippen LogP contribution in [0.2, 0.25) is 0 Å². The van der Waals surface area contributed by atoms with Crippen LogP contribution in [-0.4, -0.2) is 44.8 Å². The molecule has 1 amide bonds. The van der Waals surface area contributed by atoms with E-state index < -0.39 is 5.92 Å². The summed E-state index contributed by atoms with van der Waals surface area (Å²) in [6.07, 6.45) is 1.53. The average molecular weight is 435 g/mol. The minimum absolute atomic E-state index is 0.0753. The highest BCUT2D eigenvalue weighted by Gasteiger charge is 2.35. The molecule has 3 aromatic rings. The second kappa shape index (κ2) is 7.87. The first-order valence-corrected chi connectivity index (χ1v) is 11.0. The fourth-order valence-electron chi connectivity index (χ4n) is 3.30. The standard InChI is InChI=1S/C20H20F2N4OS2/c1-12-18(29-13(2)24-12)16-11-28-17(25-16)9-15-4-3-14(10-23-15)19(27)26-7-5-20(21,22)6-8-26/h3-4,10-11H,5-9H2,1-2H3. The normalized spacial score (nSPS) is 16.2. The minimum Gasteiger partial charge on any atom is -0.338 e. The van der Waals surface area contributed by atoms with Gasteiger partial charge in [-0.2, -0.15) is 0 Å². The van der Waals surface area contributed by atoms with E-state index in [0.717, 1.165) is 32.0 Å². The van der Waals surface area contributed by atoms with Crippen molar-refractivity contribution in [1.29, 1.82) is 0 Å². The lowest BCUT2D eigenvalue weighted by molar-refractivity contribution is -0.0494.